The molecule has 80 valence electrons. The predicted molar refractivity (Wildman–Crippen MR) is 58.2 cm³/mol. The molecule has 2 rings (SSSR count). The number of hydrogen-bond acceptors (Lipinski definition) is 5. The average molecular weight is 218 g/mol. The molecule has 0 saturated carbocycles. The van der Waals surface area contributed by atoms with E-state index in [9.17, 15) is 10.1 Å². The molecule has 7 heteroatoms. The molecule has 0 unspecified atom stereocenters. The fraction of sp³-hybridized carbons (Fsp3) is 0. The van der Waals surface area contributed by atoms with Gasteiger partial charge in [-0.1, -0.05) is 18.2 Å². The highest BCUT2D eigenvalue weighted by molar-refractivity contribution is 6.59. The van der Waals surface area contributed by atoms with Gasteiger partial charge in [0.05, 0.1) is 10.4 Å². The zero-order valence-corrected chi connectivity index (χ0v) is 8.07. The van der Waals surface area contributed by atoms with Gasteiger partial charge in [-0.05, 0) is 6.07 Å². The second-order valence-electron chi connectivity index (χ2n) is 3.22. The van der Waals surface area contributed by atoms with E-state index in [1.54, 1.807) is 24.3 Å². The largest absolute Gasteiger partial charge is 0.515 e. The van der Waals surface area contributed by atoms with E-state index in [-0.39, 0.29) is 5.59 Å². The number of para-hydroxylation sites is 1. The Hall–Kier alpha value is -1.99. The van der Waals surface area contributed by atoms with E-state index in [1.807, 2.05) is 0 Å². The van der Waals surface area contributed by atoms with Crippen molar-refractivity contribution < 1.29 is 15.0 Å². The van der Waals surface area contributed by atoms with Gasteiger partial charge in [-0.2, -0.15) is 0 Å². The summed E-state index contributed by atoms with van der Waals surface area (Å²) < 4.78 is 0. The highest BCUT2D eigenvalue weighted by Gasteiger charge is 2.26. The second kappa shape index (κ2) is 3.88. The molecule has 0 radical (unpaired) electrons. The van der Waals surface area contributed by atoms with Crippen LogP contribution in [0.1, 0.15) is 0 Å². The van der Waals surface area contributed by atoms with Gasteiger partial charge < -0.3 is 10.0 Å². The minimum atomic E-state index is -1.95. The number of pyridine rings is 1. The molecule has 2 aromatic rings. The highest BCUT2D eigenvalue weighted by Crippen LogP contribution is 2.16. The Balaban J connectivity index is 2.76. The summed E-state index contributed by atoms with van der Waals surface area (Å²) in [5.41, 5.74) is -0.256. The fourth-order valence-corrected chi connectivity index (χ4v) is 1.46. The Morgan fingerprint density at radius 2 is 2.00 bits per heavy atom. The molecule has 1 aromatic carbocycles. The van der Waals surface area contributed by atoms with Crippen molar-refractivity contribution in [2.45, 2.75) is 0 Å². The minimum absolute atomic E-state index is 0.344. The smallest absolute Gasteiger partial charge is 0.422 e. The van der Waals surface area contributed by atoms with Crippen LogP contribution in [0, 0.1) is 10.1 Å². The molecule has 0 saturated heterocycles. The molecular weight excluding hydrogens is 211 g/mol. The summed E-state index contributed by atoms with van der Waals surface area (Å²) in [4.78, 5) is 13.9. The summed E-state index contributed by atoms with van der Waals surface area (Å²) in [6.45, 7) is 0. The third-order valence-corrected chi connectivity index (χ3v) is 2.17. The maximum atomic E-state index is 10.7. The van der Waals surface area contributed by atoms with E-state index >= 15 is 0 Å². The van der Waals surface area contributed by atoms with Crippen LogP contribution in [0.3, 0.4) is 0 Å². The van der Waals surface area contributed by atoms with Crippen LogP contribution >= 0.6 is 0 Å². The molecule has 1 heterocycles. The molecule has 0 spiro atoms. The first-order valence-corrected chi connectivity index (χ1v) is 4.50. The van der Waals surface area contributed by atoms with Crippen molar-refractivity contribution in [1.29, 1.82) is 0 Å². The predicted octanol–water partition coefficient (Wildman–Crippen LogP) is -0.177. The fourth-order valence-electron chi connectivity index (χ4n) is 1.46. The van der Waals surface area contributed by atoms with E-state index in [0.717, 1.165) is 0 Å². The summed E-state index contributed by atoms with van der Waals surface area (Å²) in [6, 6.07) is 8.03. The molecule has 2 N–H and O–H groups in total. The summed E-state index contributed by atoms with van der Waals surface area (Å²) in [7, 11) is -1.95. The normalized spacial score (nSPS) is 10.4. The van der Waals surface area contributed by atoms with Gasteiger partial charge in [0.1, 0.15) is 5.59 Å². The summed E-state index contributed by atoms with van der Waals surface area (Å²) in [5.74, 6) is 0. The topological polar surface area (TPSA) is 96.5 Å². The first-order valence-electron chi connectivity index (χ1n) is 4.50. The zero-order valence-electron chi connectivity index (χ0n) is 8.07. The Labute approximate surface area is 90.5 Å². The first kappa shape index (κ1) is 10.5. The van der Waals surface area contributed by atoms with Crippen LogP contribution in [0.4, 0.5) is 5.69 Å². The molecule has 0 aliphatic heterocycles. The standard InChI is InChI=1S/C9H7BN2O4/c13-10(14)9-8(12(15)16)5-6-3-1-2-4-7(6)11-9/h1-5,13-14H. The van der Waals surface area contributed by atoms with Crippen molar-refractivity contribution in [3.05, 3.63) is 40.4 Å². The lowest BCUT2D eigenvalue weighted by atomic mass is 9.84. The monoisotopic (exact) mass is 218 g/mol. The Morgan fingerprint density at radius 1 is 1.31 bits per heavy atom. The molecule has 16 heavy (non-hydrogen) atoms. The van der Waals surface area contributed by atoms with Crippen LogP contribution in [0.2, 0.25) is 0 Å². The molecule has 0 aliphatic rings. The van der Waals surface area contributed by atoms with Gasteiger partial charge in [-0.15, -0.1) is 0 Å². The maximum Gasteiger partial charge on any atom is 0.515 e. The molecule has 6 nitrogen and oxygen atoms in total. The van der Waals surface area contributed by atoms with Crippen LogP contribution in [-0.2, 0) is 0 Å². The van der Waals surface area contributed by atoms with E-state index < -0.39 is 17.7 Å². The number of hydrogen-bond donors (Lipinski definition) is 2. The van der Waals surface area contributed by atoms with E-state index in [2.05, 4.69) is 4.98 Å². The van der Waals surface area contributed by atoms with Gasteiger partial charge in [-0.25, -0.2) is 4.98 Å². The Bertz CT molecular complexity index is 558. The van der Waals surface area contributed by atoms with Crippen molar-refractivity contribution in [1.82, 2.24) is 4.98 Å². The summed E-state index contributed by atoms with van der Waals surface area (Å²) in [6.07, 6.45) is 0. The molecule has 0 fully saturated rings. The number of rotatable bonds is 2. The molecular formula is C9H7BN2O4. The van der Waals surface area contributed by atoms with Crippen molar-refractivity contribution in [3.63, 3.8) is 0 Å². The van der Waals surface area contributed by atoms with Crippen molar-refractivity contribution >= 4 is 29.3 Å². The number of aromatic nitrogens is 1. The molecule has 0 aliphatic carbocycles. The van der Waals surface area contributed by atoms with Crippen molar-refractivity contribution in [2.24, 2.45) is 0 Å². The summed E-state index contributed by atoms with van der Waals surface area (Å²) >= 11 is 0. The van der Waals surface area contributed by atoms with Crippen LogP contribution in [0.25, 0.3) is 10.9 Å². The van der Waals surface area contributed by atoms with E-state index in [1.165, 1.54) is 6.07 Å². The second-order valence-corrected chi connectivity index (χ2v) is 3.22. The van der Waals surface area contributed by atoms with Crippen LogP contribution < -0.4 is 5.59 Å². The SMILES string of the molecule is O=[N+]([O-])c1cc2ccccc2nc1B(O)O. The van der Waals surface area contributed by atoms with Gasteiger partial charge in [0.2, 0.25) is 0 Å². The maximum absolute atomic E-state index is 10.7. The Kier molecular flexibility index (Phi) is 2.55. The lowest BCUT2D eigenvalue weighted by Crippen LogP contribution is -2.34. The molecule has 0 bridgehead atoms. The van der Waals surface area contributed by atoms with Gasteiger partial charge in [-0.3, -0.25) is 10.1 Å². The molecule has 1 aromatic heterocycles. The van der Waals surface area contributed by atoms with Crippen LogP contribution in [-0.4, -0.2) is 27.1 Å². The first-order chi connectivity index (χ1) is 7.59. The Morgan fingerprint density at radius 3 is 2.62 bits per heavy atom. The summed E-state index contributed by atoms with van der Waals surface area (Å²) in [5, 5.41) is 29.3. The van der Waals surface area contributed by atoms with Crippen LogP contribution in [0.15, 0.2) is 30.3 Å². The lowest BCUT2D eigenvalue weighted by Gasteiger charge is -2.03. The minimum Gasteiger partial charge on any atom is -0.422 e. The average Bonchev–Trinajstić information content (AvgIpc) is 2.27. The van der Waals surface area contributed by atoms with Crippen molar-refractivity contribution in [3.8, 4) is 0 Å². The lowest BCUT2D eigenvalue weighted by molar-refractivity contribution is -0.383. The van der Waals surface area contributed by atoms with E-state index in [0.29, 0.717) is 10.9 Å². The number of nitrogens with zero attached hydrogens (tertiary/aromatic N) is 2. The number of fused-ring (bicyclic) bond motifs is 1. The van der Waals surface area contributed by atoms with Crippen molar-refractivity contribution in [2.75, 3.05) is 0 Å². The van der Waals surface area contributed by atoms with Gasteiger partial charge in [0, 0.05) is 11.5 Å². The quantitative estimate of drug-likeness (QED) is 0.414. The van der Waals surface area contributed by atoms with Gasteiger partial charge in [0.25, 0.3) is 5.69 Å². The van der Waals surface area contributed by atoms with Gasteiger partial charge >= 0.3 is 7.12 Å². The number of nitro groups is 1. The van der Waals surface area contributed by atoms with Crippen LogP contribution in [0.5, 0.6) is 0 Å². The molecule has 0 amide bonds. The zero-order chi connectivity index (χ0) is 11.7. The highest BCUT2D eigenvalue weighted by atomic mass is 16.6. The third-order valence-electron chi connectivity index (χ3n) is 2.17. The molecule has 0 atom stereocenters. The van der Waals surface area contributed by atoms with Gasteiger partial charge in [0.15, 0.2) is 0 Å². The number of benzene rings is 1. The van der Waals surface area contributed by atoms with E-state index in [4.69, 9.17) is 10.0 Å². The third kappa shape index (κ3) is 1.73.